The van der Waals surface area contributed by atoms with Gasteiger partial charge in [0.25, 0.3) is 0 Å². The maximum absolute atomic E-state index is 13.5. The number of hydrogen-bond donors (Lipinski definition) is 2. The number of carbonyl (C=O) groups excluding carboxylic acids is 1. The minimum Gasteiger partial charge on any atom is -0.399 e. The summed E-state index contributed by atoms with van der Waals surface area (Å²) in [7, 11) is 0. The van der Waals surface area contributed by atoms with Crippen molar-refractivity contribution in [1.29, 1.82) is 0 Å². The molecule has 1 aromatic carbocycles. The molecule has 6 rings (SSSR count). The molecule has 0 aromatic heterocycles. The lowest BCUT2D eigenvalue weighted by molar-refractivity contribution is -0.138. The van der Waals surface area contributed by atoms with Gasteiger partial charge in [0.15, 0.2) is 5.78 Å². The number of nitrogen functional groups attached to an aromatic ring is 1. The fourth-order valence-corrected chi connectivity index (χ4v) is 6.79. The molecule has 3 heteroatoms. The summed E-state index contributed by atoms with van der Waals surface area (Å²) in [6.45, 7) is 4.39. The Hall–Kier alpha value is -1.77. The zero-order valence-corrected chi connectivity index (χ0v) is 16.0. The average molecular weight is 351 g/mol. The quantitative estimate of drug-likeness (QED) is 0.617. The normalized spacial score (nSPS) is 38.1. The third kappa shape index (κ3) is 2.59. The minimum atomic E-state index is -0.0704. The van der Waals surface area contributed by atoms with Crippen LogP contribution in [0, 0.1) is 23.2 Å². The lowest BCUT2D eigenvalue weighted by atomic mass is 9.48. The van der Waals surface area contributed by atoms with E-state index in [1.54, 1.807) is 0 Å². The van der Waals surface area contributed by atoms with Gasteiger partial charge in [0.05, 0.1) is 0 Å². The highest BCUT2D eigenvalue weighted by Gasteiger charge is 2.53. The zero-order chi connectivity index (χ0) is 18.1. The Balaban J connectivity index is 1.51. The number of allylic oxidation sites excluding steroid dienone is 1. The summed E-state index contributed by atoms with van der Waals surface area (Å²) in [6.07, 6.45) is 10.4. The largest absolute Gasteiger partial charge is 0.399 e. The van der Waals surface area contributed by atoms with E-state index in [9.17, 15) is 4.79 Å². The number of nitrogens with two attached hydrogens (primary N) is 1. The summed E-state index contributed by atoms with van der Waals surface area (Å²) in [4.78, 5) is 13.5. The van der Waals surface area contributed by atoms with E-state index < -0.39 is 0 Å². The van der Waals surface area contributed by atoms with Crippen LogP contribution in [-0.4, -0.2) is 11.3 Å². The molecule has 4 saturated carbocycles. The molecule has 1 aliphatic heterocycles. The molecule has 4 fully saturated rings. The standard InChI is InChI=1S/C23H30N2O/c1-22(2)13-17-8-18(24)3-4-19(17)20(25-22)9-21(26)23-10-14-5-15(11-23)7-16(6-14)12-23/h3-4,8-9,14-16,25H,5-7,10-13,24H2,1-2H3. The molecule has 5 aliphatic rings. The number of benzene rings is 1. The Kier molecular flexibility index (Phi) is 3.39. The van der Waals surface area contributed by atoms with Gasteiger partial charge in [0.1, 0.15) is 0 Å². The van der Waals surface area contributed by atoms with Crippen LogP contribution in [0.15, 0.2) is 24.3 Å². The van der Waals surface area contributed by atoms with E-state index in [0.29, 0.717) is 5.78 Å². The van der Waals surface area contributed by atoms with Gasteiger partial charge in [-0.15, -0.1) is 0 Å². The van der Waals surface area contributed by atoms with Gasteiger partial charge in [-0.1, -0.05) is 6.07 Å². The zero-order valence-electron chi connectivity index (χ0n) is 16.0. The van der Waals surface area contributed by atoms with Crippen LogP contribution in [0.5, 0.6) is 0 Å². The van der Waals surface area contributed by atoms with E-state index in [0.717, 1.165) is 60.4 Å². The number of rotatable bonds is 2. The molecule has 26 heavy (non-hydrogen) atoms. The number of hydrogen-bond acceptors (Lipinski definition) is 3. The second-order valence-electron chi connectivity index (χ2n) is 10.2. The smallest absolute Gasteiger partial charge is 0.163 e. The number of anilines is 1. The Morgan fingerprint density at radius 2 is 1.73 bits per heavy atom. The van der Waals surface area contributed by atoms with Crippen molar-refractivity contribution in [2.75, 3.05) is 5.73 Å². The van der Waals surface area contributed by atoms with E-state index in [1.807, 2.05) is 12.1 Å². The van der Waals surface area contributed by atoms with Crippen molar-refractivity contribution in [3.05, 3.63) is 35.4 Å². The van der Waals surface area contributed by atoms with E-state index in [1.165, 1.54) is 24.8 Å². The Bertz CT molecular complexity index is 769. The van der Waals surface area contributed by atoms with Crippen LogP contribution in [0.1, 0.15) is 63.5 Å². The second kappa shape index (κ2) is 5.37. The predicted molar refractivity (Wildman–Crippen MR) is 105 cm³/mol. The molecule has 4 aliphatic carbocycles. The first-order chi connectivity index (χ1) is 12.3. The molecule has 1 aromatic rings. The first kappa shape index (κ1) is 16.4. The Morgan fingerprint density at radius 1 is 1.12 bits per heavy atom. The Labute approximate surface area is 156 Å². The van der Waals surface area contributed by atoms with Gasteiger partial charge < -0.3 is 11.1 Å². The summed E-state index contributed by atoms with van der Waals surface area (Å²) in [5, 5.41) is 3.63. The van der Waals surface area contributed by atoms with Gasteiger partial charge in [0.2, 0.25) is 0 Å². The molecule has 3 N–H and O–H groups in total. The van der Waals surface area contributed by atoms with Crippen molar-refractivity contribution in [3.63, 3.8) is 0 Å². The van der Waals surface area contributed by atoms with Crippen LogP contribution < -0.4 is 11.1 Å². The molecule has 0 saturated heterocycles. The van der Waals surface area contributed by atoms with Crippen LogP contribution in [-0.2, 0) is 11.2 Å². The average Bonchev–Trinajstić information content (AvgIpc) is 2.51. The van der Waals surface area contributed by atoms with Gasteiger partial charge >= 0.3 is 0 Å². The summed E-state index contributed by atoms with van der Waals surface area (Å²) < 4.78 is 0. The lowest BCUT2D eigenvalue weighted by Gasteiger charge is -2.55. The van der Waals surface area contributed by atoms with E-state index in [2.05, 4.69) is 31.3 Å². The van der Waals surface area contributed by atoms with Crippen molar-refractivity contribution < 1.29 is 4.79 Å². The SMILES string of the molecule is CC1(C)Cc2cc(N)ccc2C(=CC(=O)C23CC4CC(CC(C4)C2)C3)N1. The van der Waals surface area contributed by atoms with Crippen molar-refractivity contribution in [2.45, 2.75) is 64.3 Å². The molecular weight excluding hydrogens is 320 g/mol. The summed E-state index contributed by atoms with van der Waals surface area (Å²) in [6, 6.07) is 6.09. The molecule has 1 heterocycles. The summed E-state index contributed by atoms with van der Waals surface area (Å²) >= 11 is 0. The third-order valence-electron chi connectivity index (χ3n) is 7.36. The van der Waals surface area contributed by atoms with Crippen LogP contribution in [0.3, 0.4) is 0 Å². The van der Waals surface area contributed by atoms with Crippen molar-refractivity contribution in [2.24, 2.45) is 23.2 Å². The van der Waals surface area contributed by atoms with Crippen molar-refractivity contribution in [1.82, 2.24) is 5.32 Å². The number of fused-ring (bicyclic) bond motifs is 1. The van der Waals surface area contributed by atoms with Crippen LogP contribution in [0.25, 0.3) is 5.70 Å². The molecule has 138 valence electrons. The van der Waals surface area contributed by atoms with Crippen LogP contribution >= 0.6 is 0 Å². The van der Waals surface area contributed by atoms with Gasteiger partial charge in [-0.25, -0.2) is 0 Å². The molecule has 3 nitrogen and oxygen atoms in total. The molecular formula is C23H30N2O. The fourth-order valence-electron chi connectivity index (χ4n) is 6.79. The molecule has 0 amide bonds. The maximum atomic E-state index is 13.5. The van der Waals surface area contributed by atoms with E-state index >= 15 is 0 Å². The third-order valence-corrected chi connectivity index (χ3v) is 7.36. The highest BCUT2D eigenvalue weighted by molar-refractivity contribution is 6.01. The van der Waals surface area contributed by atoms with Crippen LogP contribution in [0.2, 0.25) is 0 Å². The number of ketones is 1. The summed E-state index contributed by atoms with van der Waals surface area (Å²) in [5.41, 5.74) is 10.1. The lowest BCUT2D eigenvalue weighted by Crippen LogP contribution is -2.50. The molecule has 4 bridgehead atoms. The maximum Gasteiger partial charge on any atom is 0.163 e. The molecule has 0 unspecified atom stereocenters. The molecule has 0 atom stereocenters. The molecule has 0 spiro atoms. The van der Waals surface area contributed by atoms with E-state index in [-0.39, 0.29) is 11.0 Å². The van der Waals surface area contributed by atoms with Gasteiger partial charge in [-0.05, 0) is 94.2 Å². The topological polar surface area (TPSA) is 55.1 Å². The number of nitrogens with one attached hydrogen (secondary N) is 1. The second-order valence-corrected chi connectivity index (χ2v) is 10.2. The Morgan fingerprint density at radius 3 is 2.35 bits per heavy atom. The van der Waals surface area contributed by atoms with E-state index in [4.69, 9.17) is 5.73 Å². The van der Waals surface area contributed by atoms with Crippen molar-refractivity contribution >= 4 is 17.2 Å². The number of carbonyl (C=O) groups is 1. The predicted octanol–water partition coefficient (Wildman–Crippen LogP) is 4.32. The van der Waals surface area contributed by atoms with Crippen LogP contribution in [0.4, 0.5) is 5.69 Å². The fraction of sp³-hybridized carbons (Fsp3) is 0.609. The van der Waals surface area contributed by atoms with Gasteiger partial charge in [0, 0.05) is 34.0 Å². The first-order valence-electron chi connectivity index (χ1n) is 10.3. The van der Waals surface area contributed by atoms with Crippen molar-refractivity contribution in [3.8, 4) is 0 Å². The van der Waals surface area contributed by atoms with Gasteiger partial charge in [-0.3, -0.25) is 4.79 Å². The first-order valence-corrected chi connectivity index (χ1v) is 10.3. The highest BCUT2D eigenvalue weighted by Crippen LogP contribution is 2.60. The molecule has 0 radical (unpaired) electrons. The highest BCUT2D eigenvalue weighted by atomic mass is 16.1. The minimum absolute atomic E-state index is 0.0611. The van der Waals surface area contributed by atoms with Gasteiger partial charge in [-0.2, -0.15) is 0 Å². The summed E-state index contributed by atoms with van der Waals surface area (Å²) in [5.74, 6) is 2.77. The monoisotopic (exact) mass is 350 g/mol.